The number of aryl methyl sites for hydroxylation is 1. The summed E-state index contributed by atoms with van der Waals surface area (Å²) in [6.07, 6.45) is 0. The highest BCUT2D eigenvalue weighted by atomic mass is 32.2. The second kappa shape index (κ2) is 13.7. The predicted octanol–water partition coefficient (Wildman–Crippen LogP) is 7.89. The Balaban J connectivity index is 1.37. The lowest BCUT2D eigenvalue weighted by atomic mass is 10.0. The van der Waals surface area contributed by atoms with E-state index in [-0.39, 0.29) is 78.7 Å². The first-order chi connectivity index (χ1) is 25.0. The molecule has 0 amide bonds. The molecule has 272 valence electrons. The van der Waals surface area contributed by atoms with Crippen LogP contribution in [0, 0.1) is 6.92 Å². The average Bonchev–Trinajstić information content (AvgIpc) is 3.09. The number of methoxy groups -OCH3 is 2. The number of nitrogen functional groups attached to an aromatic ring is 2. The van der Waals surface area contributed by atoms with E-state index in [4.69, 9.17) is 20.9 Å². The summed E-state index contributed by atoms with van der Waals surface area (Å²) in [4.78, 5) is -1.21. The van der Waals surface area contributed by atoms with Gasteiger partial charge in [0.25, 0.3) is 20.2 Å². The van der Waals surface area contributed by atoms with E-state index in [0.29, 0.717) is 16.7 Å². The Hall–Kier alpha value is -6.34. The van der Waals surface area contributed by atoms with Gasteiger partial charge < -0.3 is 31.2 Å². The maximum Gasteiger partial charge on any atom is 0.296 e. The molecule has 0 aliphatic carbocycles. The molecule has 0 fully saturated rings. The van der Waals surface area contributed by atoms with E-state index >= 15 is 0 Å². The summed E-state index contributed by atoms with van der Waals surface area (Å²) in [6, 6.07) is 19.3. The highest BCUT2D eigenvalue weighted by Crippen LogP contribution is 2.45. The highest BCUT2D eigenvalue weighted by Gasteiger charge is 2.24. The summed E-state index contributed by atoms with van der Waals surface area (Å²) >= 11 is 0. The van der Waals surface area contributed by atoms with Gasteiger partial charge >= 0.3 is 0 Å². The van der Waals surface area contributed by atoms with Crippen molar-refractivity contribution in [1.29, 1.82) is 0 Å². The molecule has 53 heavy (non-hydrogen) atoms. The molecule has 0 radical (unpaired) electrons. The lowest BCUT2D eigenvalue weighted by molar-refractivity contribution is 0.415. The Morgan fingerprint density at radius 2 is 1.06 bits per heavy atom. The first-order valence-electron chi connectivity index (χ1n) is 15.3. The molecule has 6 aromatic carbocycles. The van der Waals surface area contributed by atoms with E-state index in [1.54, 1.807) is 37.3 Å². The highest BCUT2D eigenvalue weighted by molar-refractivity contribution is 7.86. The first-order valence-corrected chi connectivity index (χ1v) is 18.1. The van der Waals surface area contributed by atoms with Crippen molar-refractivity contribution in [2.24, 2.45) is 20.5 Å². The Morgan fingerprint density at radius 1 is 0.585 bits per heavy atom. The van der Waals surface area contributed by atoms with E-state index in [1.165, 1.54) is 50.6 Å². The molecule has 0 unspecified atom stereocenters. The van der Waals surface area contributed by atoms with Crippen molar-refractivity contribution in [3.63, 3.8) is 0 Å². The van der Waals surface area contributed by atoms with Crippen LogP contribution in [0.3, 0.4) is 0 Å². The quantitative estimate of drug-likeness (QED) is 0.0467. The second-order valence-electron chi connectivity index (χ2n) is 11.7. The minimum Gasteiger partial charge on any atom is -0.507 e. The maximum absolute atomic E-state index is 12.3. The van der Waals surface area contributed by atoms with Crippen molar-refractivity contribution in [2.45, 2.75) is 16.7 Å². The third kappa shape index (κ3) is 6.98. The van der Waals surface area contributed by atoms with E-state index < -0.39 is 30.0 Å². The molecule has 0 aromatic heterocycles. The molecule has 0 spiro atoms. The standard InChI is InChI=1S/C35H30N6O10S2/c1-17-11-21-16-29(53(47,48)49)35(33(37)31(21)25(43)12-17)41-39-23-10-8-19(14-27(23)51-3)18-7-9-22(26(13-18)50-2)38-40-34-28(52(44,45)46)15-20-5-4-6-24(42)30(20)32(34)36/h4-16,42-43H,36-37H2,1-3H3,(H,44,45,46)(H,47,48,49). The third-order valence-electron chi connectivity index (χ3n) is 8.22. The van der Waals surface area contributed by atoms with Crippen molar-refractivity contribution in [2.75, 3.05) is 25.7 Å². The van der Waals surface area contributed by atoms with Crippen LogP contribution in [0.15, 0.2) is 109 Å². The molecular weight excluding hydrogens is 729 g/mol. The summed E-state index contributed by atoms with van der Waals surface area (Å²) in [5, 5.41) is 38.1. The molecule has 6 aromatic rings. The van der Waals surface area contributed by atoms with Gasteiger partial charge in [0, 0.05) is 10.8 Å². The van der Waals surface area contributed by atoms with Gasteiger partial charge in [0.1, 0.15) is 55.5 Å². The normalized spacial score (nSPS) is 12.3. The molecule has 16 nitrogen and oxygen atoms in total. The fourth-order valence-corrected chi connectivity index (χ4v) is 7.12. The average molecular weight is 759 g/mol. The topological polar surface area (TPSA) is 269 Å². The lowest BCUT2D eigenvalue weighted by Crippen LogP contribution is -2.02. The zero-order chi connectivity index (χ0) is 38.4. The smallest absolute Gasteiger partial charge is 0.296 e. The van der Waals surface area contributed by atoms with Crippen LogP contribution in [-0.2, 0) is 20.2 Å². The number of rotatable bonds is 9. The second-order valence-corrected chi connectivity index (χ2v) is 14.4. The molecule has 0 saturated heterocycles. The van der Waals surface area contributed by atoms with Gasteiger partial charge in [-0.3, -0.25) is 9.11 Å². The molecule has 6 rings (SSSR count). The third-order valence-corrected chi connectivity index (χ3v) is 9.95. The van der Waals surface area contributed by atoms with Gasteiger partial charge in [-0.05, 0) is 82.9 Å². The Morgan fingerprint density at radius 3 is 1.53 bits per heavy atom. The molecule has 18 heteroatoms. The number of anilines is 2. The van der Waals surface area contributed by atoms with Crippen LogP contribution < -0.4 is 20.9 Å². The fraction of sp³-hybridized carbons (Fsp3) is 0.0857. The zero-order valence-electron chi connectivity index (χ0n) is 28.0. The number of nitrogens with two attached hydrogens (primary N) is 2. The van der Waals surface area contributed by atoms with Crippen LogP contribution in [0.1, 0.15) is 5.56 Å². The minimum absolute atomic E-state index is 0.127. The number of nitrogens with zero attached hydrogens (tertiary/aromatic N) is 4. The largest absolute Gasteiger partial charge is 0.507 e. The van der Waals surface area contributed by atoms with Crippen molar-refractivity contribution in [3.8, 4) is 34.1 Å². The van der Waals surface area contributed by atoms with Crippen LogP contribution in [0.5, 0.6) is 23.0 Å². The number of aromatic hydroxyl groups is 2. The molecule has 0 atom stereocenters. The number of azo groups is 2. The number of ether oxygens (including phenoxy) is 2. The van der Waals surface area contributed by atoms with Crippen LogP contribution in [0.4, 0.5) is 34.1 Å². The minimum atomic E-state index is -4.81. The van der Waals surface area contributed by atoms with E-state index in [1.807, 2.05) is 0 Å². The molecule has 0 heterocycles. The Labute approximate surface area is 302 Å². The SMILES string of the molecule is COc1cc(-c2ccc(N=Nc3c(S(=O)(=O)O)cc4cc(C)cc(O)c4c3N)c(OC)c2)ccc1N=Nc1c(S(=O)(=O)O)cc2cccc(O)c2c1N. The summed E-state index contributed by atoms with van der Waals surface area (Å²) < 4.78 is 80.0. The lowest BCUT2D eigenvalue weighted by Gasteiger charge is -2.12. The summed E-state index contributed by atoms with van der Waals surface area (Å²) in [7, 11) is -6.85. The van der Waals surface area contributed by atoms with E-state index in [9.17, 15) is 36.2 Å². The van der Waals surface area contributed by atoms with Gasteiger partial charge in [-0.25, -0.2) is 0 Å². The molecule has 0 saturated carbocycles. The van der Waals surface area contributed by atoms with Gasteiger partial charge in [-0.15, -0.1) is 20.5 Å². The monoisotopic (exact) mass is 758 g/mol. The van der Waals surface area contributed by atoms with Crippen LogP contribution in [-0.4, -0.2) is 50.4 Å². The van der Waals surface area contributed by atoms with Gasteiger partial charge in [0.05, 0.1) is 25.6 Å². The number of phenols is 2. The van der Waals surface area contributed by atoms with Gasteiger partial charge in [-0.1, -0.05) is 30.3 Å². The Kier molecular flexibility index (Phi) is 9.39. The van der Waals surface area contributed by atoms with Crippen molar-refractivity contribution < 1.29 is 45.6 Å². The molecule has 0 bridgehead atoms. The summed E-state index contributed by atoms with van der Waals surface area (Å²) in [5.74, 6) is 0.00131. The van der Waals surface area contributed by atoms with Crippen LogP contribution in [0.25, 0.3) is 32.7 Å². The number of hydrogen-bond acceptors (Lipinski definition) is 14. The van der Waals surface area contributed by atoms with Crippen molar-refractivity contribution in [3.05, 3.63) is 84.4 Å². The summed E-state index contributed by atoms with van der Waals surface area (Å²) in [6.45, 7) is 1.70. The molecule has 0 aliphatic heterocycles. The summed E-state index contributed by atoms with van der Waals surface area (Å²) in [5.41, 5.74) is 13.4. The van der Waals surface area contributed by atoms with E-state index in [0.717, 1.165) is 12.1 Å². The zero-order valence-corrected chi connectivity index (χ0v) is 29.6. The van der Waals surface area contributed by atoms with Crippen LogP contribution >= 0.6 is 0 Å². The number of hydrogen-bond donors (Lipinski definition) is 6. The Bertz CT molecular complexity index is 2770. The number of fused-ring (bicyclic) bond motifs is 2. The predicted molar refractivity (Wildman–Crippen MR) is 198 cm³/mol. The fourth-order valence-electron chi connectivity index (χ4n) is 5.78. The van der Waals surface area contributed by atoms with Crippen molar-refractivity contribution >= 4 is 75.9 Å². The maximum atomic E-state index is 12.3. The van der Waals surface area contributed by atoms with Gasteiger partial charge in [-0.2, -0.15) is 16.8 Å². The first kappa shape index (κ1) is 36.5. The molecule has 8 N–H and O–H groups in total. The number of benzene rings is 6. The van der Waals surface area contributed by atoms with Gasteiger partial charge in [0.2, 0.25) is 0 Å². The molecule has 0 aliphatic rings. The number of phenolic OH excluding ortho intramolecular Hbond substituents is 2. The van der Waals surface area contributed by atoms with Crippen molar-refractivity contribution in [1.82, 2.24) is 0 Å². The van der Waals surface area contributed by atoms with Crippen LogP contribution in [0.2, 0.25) is 0 Å². The molecular formula is C35H30N6O10S2. The van der Waals surface area contributed by atoms with E-state index in [2.05, 4.69) is 20.5 Å². The van der Waals surface area contributed by atoms with Gasteiger partial charge in [0.15, 0.2) is 0 Å².